The monoisotopic (exact) mass is 486 g/mol. The summed E-state index contributed by atoms with van der Waals surface area (Å²) in [6.45, 7) is 0.148. The quantitative estimate of drug-likeness (QED) is 0.269. The zero-order chi connectivity index (χ0) is 25.8. The Balaban J connectivity index is 1.50. The lowest BCUT2D eigenvalue weighted by Gasteiger charge is -2.25. The van der Waals surface area contributed by atoms with Crippen molar-refractivity contribution in [3.8, 4) is 16.9 Å². The second-order valence-electron chi connectivity index (χ2n) is 8.63. The van der Waals surface area contributed by atoms with Gasteiger partial charge in [-0.2, -0.15) is 0 Å². The van der Waals surface area contributed by atoms with Gasteiger partial charge in [-0.1, -0.05) is 42.5 Å². The van der Waals surface area contributed by atoms with Crippen LogP contribution in [-0.2, 0) is 9.59 Å². The maximum Gasteiger partial charge on any atom is 0.304 e. The molecular weight excluding hydrogens is 460 g/mol. The summed E-state index contributed by atoms with van der Waals surface area (Å²) >= 11 is 0. The van der Waals surface area contributed by atoms with Gasteiger partial charge in [-0.25, -0.2) is 0 Å². The van der Waals surface area contributed by atoms with E-state index in [1.54, 1.807) is 30.3 Å². The molecule has 0 aromatic heterocycles. The highest BCUT2D eigenvalue weighted by molar-refractivity contribution is 6.01. The van der Waals surface area contributed by atoms with Crippen molar-refractivity contribution in [2.24, 2.45) is 17.4 Å². The van der Waals surface area contributed by atoms with Crippen molar-refractivity contribution < 1.29 is 24.2 Å². The molecule has 6 N–H and O–H groups in total. The number of anilines is 1. The average Bonchev–Trinajstić information content (AvgIpc) is 3.17. The molecule has 1 fully saturated rings. The molecule has 0 spiro atoms. The number of hydrogen-bond acceptors (Lipinski definition) is 5. The van der Waals surface area contributed by atoms with Crippen LogP contribution in [0.25, 0.3) is 11.1 Å². The standard InChI is InChI=1S/C27H26N4O5/c28-25(29)18-6-4-16(5-7-18)17-8-10-23(11-9-17)36-15-22-13-20(14-24(32)33)27(35)31(22)21-3-1-2-19(12-21)26(30)34/h1-12,20,22H,13-15H2,(H3,28,29)(H2,30,34)(H,32,33)/t20-,22-/m0/s1. The summed E-state index contributed by atoms with van der Waals surface area (Å²) in [5, 5.41) is 16.7. The van der Waals surface area contributed by atoms with Gasteiger partial charge in [0.05, 0.1) is 18.4 Å². The van der Waals surface area contributed by atoms with Crippen molar-refractivity contribution >= 4 is 29.3 Å². The number of nitrogens with one attached hydrogen (secondary N) is 1. The van der Waals surface area contributed by atoms with Crippen molar-refractivity contribution in [2.75, 3.05) is 11.5 Å². The van der Waals surface area contributed by atoms with E-state index in [1.807, 2.05) is 36.4 Å². The lowest BCUT2D eigenvalue weighted by Crippen LogP contribution is -2.37. The largest absolute Gasteiger partial charge is 0.491 e. The number of ether oxygens (including phenoxy) is 1. The van der Waals surface area contributed by atoms with Crippen molar-refractivity contribution in [1.82, 2.24) is 0 Å². The maximum atomic E-state index is 13.1. The van der Waals surface area contributed by atoms with Gasteiger partial charge < -0.3 is 26.2 Å². The molecule has 1 aliphatic rings. The SMILES string of the molecule is N=C(N)c1ccc(-c2ccc(OC[C@@H]3C[C@@H](CC(=O)O)C(=O)N3c3cccc(C(N)=O)c3)cc2)cc1. The molecule has 1 aliphatic heterocycles. The normalized spacial score (nSPS) is 17.1. The van der Waals surface area contributed by atoms with Gasteiger partial charge in [0.25, 0.3) is 0 Å². The number of carboxylic acid groups (broad SMARTS) is 1. The number of benzene rings is 3. The second kappa shape index (κ2) is 10.3. The Bertz CT molecular complexity index is 1300. The van der Waals surface area contributed by atoms with Crippen LogP contribution < -0.4 is 21.1 Å². The predicted octanol–water partition coefficient (Wildman–Crippen LogP) is 3.01. The van der Waals surface area contributed by atoms with Crippen LogP contribution in [-0.4, -0.2) is 41.4 Å². The molecule has 9 nitrogen and oxygen atoms in total. The Morgan fingerprint density at radius 3 is 2.19 bits per heavy atom. The van der Waals surface area contributed by atoms with Crippen LogP contribution in [0.5, 0.6) is 5.75 Å². The van der Waals surface area contributed by atoms with Gasteiger partial charge in [0.15, 0.2) is 0 Å². The number of amides is 2. The number of aliphatic carboxylic acids is 1. The van der Waals surface area contributed by atoms with Crippen LogP contribution in [0.15, 0.2) is 72.8 Å². The van der Waals surface area contributed by atoms with E-state index >= 15 is 0 Å². The van der Waals surface area contributed by atoms with Gasteiger partial charge >= 0.3 is 5.97 Å². The van der Waals surface area contributed by atoms with Crippen LogP contribution in [0.2, 0.25) is 0 Å². The minimum Gasteiger partial charge on any atom is -0.491 e. The molecule has 0 bridgehead atoms. The van der Waals surface area contributed by atoms with Crippen LogP contribution in [0.4, 0.5) is 5.69 Å². The van der Waals surface area contributed by atoms with E-state index < -0.39 is 23.8 Å². The zero-order valence-electron chi connectivity index (χ0n) is 19.4. The van der Waals surface area contributed by atoms with Gasteiger partial charge in [0.2, 0.25) is 11.8 Å². The Hall–Kier alpha value is -4.66. The van der Waals surface area contributed by atoms with E-state index in [0.29, 0.717) is 23.4 Å². The molecule has 4 rings (SSSR count). The van der Waals surface area contributed by atoms with Crippen LogP contribution in [0.3, 0.4) is 0 Å². The molecule has 9 heteroatoms. The molecular formula is C27H26N4O5. The first-order valence-corrected chi connectivity index (χ1v) is 11.4. The summed E-state index contributed by atoms with van der Waals surface area (Å²) in [6, 6.07) is 20.8. The summed E-state index contributed by atoms with van der Waals surface area (Å²) in [5.41, 5.74) is 14.2. The molecule has 2 atom stereocenters. The van der Waals surface area contributed by atoms with Gasteiger partial charge in [0.1, 0.15) is 18.2 Å². The van der Waals surface area contributed by atoms with Gasteiger partial charge in [-0.3, -0.25) is 19.8 Å². The van der Waals surface area contributed by atoms with Crippen LogP contribution >= 0.6 is 0 Å². The van der Waals surface area contributed by atoms with Crippen molar-refractivity contribution in [3.63, 3.8) is 0 Å². The highest BCUT2D eigenvalue weighted by Gasteiger charge is 2.41. The highest BCUT2D eigenvalue weighted by atomic mass is 16.5. The Morgan fingerprint density at radius 2 is 1.61 bits per heavy atom. The first-order valence-electron chi connectivity index (χ1n) is 11.4. The molecule has 3 aromatic carbocycles. The van der Waals surface area contributed by atoms with E-state index in [-0.39, 0.29) is 30.3 Å². The number of amidine groups is 1. The molecule has 0 radical (unpaired) electrons. The van der Waals surface area contributed by atoms with Crippen LogP contribution in [0, 0.1) is 11.3 Å². The maximum absolute atomic E-state index is 13.1. The van der Waals surface area contributed by atoms with Crippen molar-refractivity contribution in [3.05, 3.63) is 83.9 Å². The average molecular weight is 487 g/mol. The Morgan fingerprint density at radius 1 is 0.972 bits per heavy atom. The molecule has 0 saturated carbocycles. The number of carbonyl (C=O) groups is 3. The minimum absolute atomic E-state index is 0.0108. The number of hydrogen-bond donors (Lipinski definition) is 4. The van der Waals surface area contributed by atoms with Crippen molar-refractivity contribution in [1.29, 1.82) is 5.41 Å². The lowest BCUT2D eigenvalue weighted by molar-refractivity contribution is -0.140. The first-order chi connectivity index (χ1) is 17.2. The number of carboxylic acids is 1. The predicted molar refractivity (Wildman–Crippen MR) is 135 cm³/mol. The van der Waals surface area contributed by atoms with Gasteiger partial charge in [-0.05, 0) is 47.9 Å². The molecule has 1 saturated heterocycles. The van der Waals surface area contributed by atoms with E-state index in [4.69, 9.17) is 21.6 Å². The fourth-order valence-corrected chi connectivity index (χ4v) is 4.36. The summed E-state index contributed by atoms with van der Waals surface area (Å²) in [6.07, 6.45) is 0.0327. The highest BCUT2D eigenvalue weighted by Crippen LogP contribution is 2.33. The second-order valence-corrected chi connectivity index (χ2v) is 8.63. The third kappa shape index (κ3) is 5.35. The van der Waals surface area contributed by atoms with Crippen molar-refractivity contribution in [2.45, 2.75) is 18.9 Å². The molecule has 0 aliphatic carbocycles. The third-order valence-electron chi connectivity index (χ3n) is 6.16. The topological polar surface area (TPSA) is 160 Å². The first kappa shape index (κ1) is 24.5. The summed E-state index contributed by atoms with van der Waals surface area (Å²) < 4.78 is 5.98. The summed E-state index contributed by atoms with van der Waals surface area (Å²) in [5.74, 6) is -2.07. The molecule has 36 heavy (non-hydrogen) atoms. The van der Waals surface area contributed by atoms with Gasteiger partial charge in [-0.15, -0.1) is 0 Å². The number of primary amides is 1. The number of carbonyl (C=O) groups excluding carboxylic acids is 2. The molecule has 3 aromatic rings. The third-order valence-corrected chi connectivity index (χ3v) is 6.16. The number of nitrogen functional groups attached to an aromatic ring is 1. The van der Waals surface area contributed by atoms with E-state index in [0.717, 1.165) is 11.1 Å². The molecule has 184 valence electrons. The molecule has 1 heterocycles. The summed E-state index contributed by atoms with van der Waals surface area (Å²) in [4.78, 5) is 37.5. The smallest absolute Gasteiger partial charge is 0.304 e. The van der Waals surface area contributed by atoms with E-state index in [1.165, 1.54) is 11.0 Å². The zero-order valence-corrected chi connectivity index (χ0v) is 19.4. The lowest BCUT2D eigenvalue weighted by atomic mass is 10.0. The Kier molecular flexibility index (Phi) is 7.00. The molecule has 2 amide bonds. The number of nitrogens with zero attached hydrogens (tertiary/aromatic N) is 1. The van der Waals surface area contributed by atoms with Crippen LogP contribution in [0.1, 0.15) is 28.8 Å². The molecule has 0 unspecified atom stereocenters. The number of rotatable bonds is 9. The fraction of sp³-hybridized carbons (Fsp3) is 0.185. The number of nitrogens with two attached hydrogens (primary N) is 2. The minimum atomic E-state index is -1.05. The van der Waals surface area contributed by atoms with E-state index in [2.05, 4.69) is 0 Å². The summed E-state index contributed by atoms with van der Waals surface area (Å²) in [7, 11) is 0. The van der Waals surface area contributed by atoms with Gasteiger partial charge in [0, 0.05) is 16.8 Å². The Labute approximate surface area is 207 Å². The fourth-order valence-electron chi connectivity index (χ4n) is 4.36. The van der Waals surface area contributed by atoms with E-state index in [9.17, 15) is 19.5 Å².